The van der Waals surface area contributed by atoms with Crippen LogP contribution in [-0.4, -0.2) is 30.5 Å². The number of benzene rings is 2. The van der Waals surface area contributed by atoms with E-state index in [1.54, 1.807) is 30.5 Å². The molecule has 2 aromatic heterocycles. The van der Waals surface area contributed by atoms with Crippen LogP contribution in [0.15, 0.2) is 61.1 Å². The average Bonchev–Trinajstić information content (AvgIpc) is 3.39. The molecule has 8 nitrogen and oxygen atoms in total. The Kier molecular flexibility index (Phi) is 5.74. The molecule has 0 saturated heterocycles. The molecular weight excluding hydrogens is 399 g/mol. The van der Waals surface area contributed by atoms with Crippen LogP contribution in [0.4, 0.5) is 10.3 Å². The van der Waals surface area contributed by atoms with Crippen molar-refractivity contribution in [3.63, 3.8) is 0 Å². The number of hydrogen-bond donors (Lipinski definition) is 1. The van der Waals surface area contributed by atoms with Gasteiger partial charge in [0.25, 0.3) is 5.91 Å². The van der Waals surface area contributed by atoms with Crippen molar-refractivity contribution in [2.45, 2.75) is 27.1 Å². The van der Waals surface area contributed by atoms with E-state index in [1.165, 1.54) is 21.8 Å². The standard InChI is InChI=1S/C22H21FN6O2/c1-15-7-8-20(16(2)11-15)31-14-28-10-9-19(26-28)21(30)25-22-24-13-29(27-22)12-17-5-3-4-6-18(17)23/h3-11,13H,12,14H2,1-2H3,(H,25,27,30). The minimum atomic E-state index is -0.450. The molecule has 0 aliphatic carbocycles. The van der Waals surface area contributed by atoms with Crippen molar-refractivity contribution in [2.24, 2.45) is 0 Å². The number of carbonyl (C=O) groups excluding carboxylic acids is 1. The Bertz CT molecular complexity index is 1220. The third-order valence-corrected chi connectivity index (χ3v) is 4.61. The highest BCUT2D eigenvalue weighted by atomic mass is 19.1. The predicted octanol–water partition coefficient (Wildman–Crippen LogP) is 3.57. The van der Waals surface area contributed by atoms with Crippen molar-refractivity contribution >= 4 is 11.9 Å². The Morgan fingerprint density at radius 3 is 2.74 bits per heavy atom. The molecule has 4 rings (SSSR count). The third-order valence-electron chi connectivity index (χ3n) is 4.61. The number of anilines is 1. The largest absolute Gasteiger partial charge is 0.471 e. The summed E-state index contributed by atoms with van der Waals surface area (Å²) in [6.45, 7) is 4.38. The number of hydrogen-bond acceptors (Lipinski definition) is 5. The minimum absolute atomic E-state index is 0.113. The summed E-state index contributed by atoms with van der Waals surface area (Å²) in [7, 11) is 0. The fourth-order valence-electron chi connectivity index (χ4n) is 3.05. The van der Waals surface area contributed by atoms with Gasteiger partial charge in [-0.2, -0.15) is 5.10 Å². The molecule has 4 aromatic rings. The van der Waals surface area contributed by atoms with Crippen LogP contribution >= 0.6 is 0 Å². The van der Waals surface area contributed by atoms with Gasteiger partial charge in [-0.1, -0.05) is 35.9 Å². The SMILES string of the molecule is Cc1ccc(OCn2ccc(C(=O)Nc3ncn(Cc4ccccc4F)n3)n2)c(C)c1. The van der Waals surface area contributed by atoms with Gasteiger partial charge in [-0.05, 0) is 37.6 Å². The maximum absolute atomic E-state index is 13.8. The predicted molar refractivity (Wildman–Crippen MR) is 112 cm³/mol. The Labute approximate surface area is 178 Å². The Morgan fingerprint density at radius 2 is 1.94 bits per heavy atom. The molecule has 0 radical (unpaired) electrons. The summed E-state index contributed by atoms with van der Waals surface area (Å²) in [6, 6.07) is 13.9. The van der Waals surface area contributed by atoms with E-state index >= 15 is 0 Å². The topological polar surface area (TPSA) is 86.9 Å². The van der Waals surface area contributed by atoms with Gasteiger partial charge in [0.2, 0.25) is 5.95 Å². The van der Waals surface area contributed by atoms with Crippen LogP contribution in [0.5, 0.6) is 5.75 Å². The number of aromatic nitrogens is 5. The lowest BCUT2D eigenvalue weighted by Gasteiger charge is -2.09. The first-order chi connectivity index (χ1) is 15.0. The smallest absolute Gasteiger partial charge is 0.278 e. The van der Waals surface area contributed by atoms with E-state index in [0.717, 1.165) is 16.9 Å². The van der Waals surface area contributed by atoms with E-state index in [-0.39, 0.29) is 30.7 Å². The minimum Gasteiger partial charge on any atom is -0.471 e. The van der Waals surface area contributed by atoms with Crippen LogP contribution in [0.3, 0.4) is 0 Å². The lowest BCUT2D eigenvalue weighted by atomic mass is 10.1. The molecular formula is C22H21FN6O2. The summed E-state index contributed by atoms with van der Waals surface area (Å²) in [5, 5.41) is 11.0. The lowest BCUT2D eigenvalue weighted by molar-refractivity contribution is 0.101. The summed E-state index contributed by atoms with van der Waals surface area (Å²) in [5.74, 6) is 0.102. The molecule has 0 bridgehead atoms. The Hall–Kier alpha value is -4.01. The molecule has 31 heavy (non-hydrogen) atoms. The van der Waals surface area contributed by atoms with Gasteiger partial charge in [0.15, 0.2) is 12.4 Å². The highest BCUT2D eigenvalue weighted by molar-refractivity contribution is 6.01. The van der Waals surface area contributed by atoms with E-state index in [0.29, 0.717) is 5.56 Å². The van der Waals surface area contributed by atoms with Crippen molar-refractivity contribution in [1.29, 1.82) is 0 Å². The number of nitrogens with zero attached hydrogens (tertiary/aromatic N) is 5. The summed E-state index contributed by atoms with van der Waals surface area (Å²) >= 11 is 0. The summed E-state index contributed by atoms with van der Waals surface area (Å²) in [6.07, 6.45) is 3.08. The van der Waals surface area contributed by atoms with Gasteiger partial charge in [-0.25, -0.2) is 18.7 Å². The van der Waals surface area contributed by atoms with Crippen LogP contribution in [0.25, 0.3) is 0 Å². The van der Waals surface area contributed by atoms with Crippen molar-refractivity contribution in [3.05, 3.63) is 89.3 Å². The van der Waals surface area contributed by atoms with Crippen molar-refractivity contribution in [2.75, 3.05) is 5.32 Å². The molecule has 2 heterocycles. The van der Waals surface area contributed by atoms with Crippen LogP contribution < -0.4 is 10.1 Å². The Morgan fingerprint density at radius 1 is 1.10 bits per heavy atom. The van der Waals surface area contributed by atoms with Crippen LogP contribution in [0.2, 0.25) is 0 Å². The van der Waals surface area contributed by atoms with Gasteiger partial charge in [0, 0.05) is 11.8 Å². The molecule has 9 heteroatoms. The van der Waals surface area contributed by atoms with E-state index in [2.05, 4.69) is 20.5 Å². The number of rotatable bonds is 7. The second-order valence-electron chi connectivity index (χ2n) is 7.09. The number of nitrogens with one attached hydrogen (secondary N) is 1. The molecule has 0 aliphatic rings. The number of aryl methyl sites for hydroxylation is 2. The second kappa shape index (κ2) is 8.78. The maximum atomic E-state index is 13.8. The highest BCUT2D eigenvalue weighted by Crippen LogP contribution is 2.19. The first-order valence-electron chi connectivity index (χ1n) is 9.65. The van der Waals surface area contributed by atoms with Gasteiger partial charge in [0.05, 0.1) is 6.54 Å². The normalized spacial score (nSPS) is 10.8. The Balaban J connectivity index is 1.35. The molecule has 1 amide bonds. The van der Waals surface area contributed by atoms with E-state index in [1.807, 2.05) is 32.0 Å². The van der Waals surface area contributed by atoms with Crippen molar-refractivity contribution < 1.29 is 13.9 Å². The average molecular weight is 420 g/mol. The number of ether oxygens (including phenoxy) is 1. The van der Waals surface area contributed by atoms with E-state index < -0.39 is 5.91 Å². The van der Waals surface area contributed by atoms with E-state index in [9.17, 15) is 9.18 Å². The van der Waals surface area contributed by atoms with Crippen molar-refractivity contribution in [1.82, 2.24) is 24.5 Å². The zero-order valence-corrected chi connectivity index (χ0v) is 17.1. The molecule has 0 saturated carbocycles. The molecule has 0 spiro atoms. The lowest BCUT2D eigenvalue weighted by Crippen LogP contribution is -2.15. The van der Waals surface area contributed by atoms with Crippen molar-refractivity contribution in [3.8, 4) is 5.75 Å². The number of amides is 1. The maximum Gasteiger partial charge on any atom is 0.278 e. The highest BCUT2D eigenvalue weighted by Gasteiger charge is 2.13. The fourth-order valence-corrected chi connectivity index (χ4v) is 3.05. The van der Waals surface area contributed by atoms with Crippen LogP contribution in [0.1, 0.15) is 27.2 Å². The first-order valence-corrected chi connectivity index (χ1v) is 9.65. The molecule has 1 N–H and O–H groups in total. The number of halogens is 1. The van der Waals surface area contributed by atoms with Gasteiger partial charge in [0.1, 0.15) is 17.9 Å². The molecule has 0 atom stereocenters. The van der Waals surface area contributed by atoms with Gasteiger partial charge >= 0.3 is 0 Å². The summed E-state index contributed by atoms with van der Waals surface area (Å²) in [5.41, 5.74) is 2.87. The fraction of sp³-hybridized carbons (Fsp3) is 0.182. The molecule has 2 aromatic carbocycles. The number of carbonyl (C=O) groups is 1. The monoisotopic (exact) mass is 420 g/mol. The zero-order chi connectivity index (χ0) is 21.8. The molecule has 0 unspecified atom stereocenters. The van der Waals surface area contributed by atoms with Gasteiger partial charge in [-0.3, -0.25) is 10.1 Å². The molecule has 0 fully saturated rings. The second-order valence-corrected chi connectivity index (χ2v) is 7.09. The molecule has 158 valence electrons. The van der Waals surface area contributed by atoms with Gasteiger partial charge in [-0.15, -0.1) is 5.10 Å². The zero-order valence-electron chi connectivity index (χ0n) is 17.1. The first kappa shape index (κ1) is 20.3. The third kappa shape index (κ3) is 4.95. The summed E-state index contributed by atoms with van der Waals surface area (Å²) in [4.78, 5) is 16.5. The molecule has 0 aliphatic heterocycles. The van der Waals surface area contributed by atoms with Crippen LogP contribution in [-0.2, 0) is 13.3 Å². The summed E-state index contributed by atoms with van der Waals surface area (Å²) < 4.78 is 22.5. The van der Waals surface area contributed by atoms with Crippen LogP contribution in [0, 0.1) is 19.7 Å². The quantitative estimate of drug-likeness (QED) is 0.494. The van der Waals surface area contributed by atoms with E-state index in [4.69, 9.17) is 4.74 Å². The van der Waals surface area contributed by atoms with Gasteiger partial charge < -0.3 is 4.74 Å².